The Labute approximate surface area is 141 Å². The molecule has 120 valence electrons. The number of aromatic amines is 1. The summed E-state index contributed by atoms with van der Waals surface area (Å²) < 4.78 is 0. The number of H-pyrrole nitrogens is 1. The van der Waals surface area contributed by atoms with E-state index in [0.29, 0.717) is 5.69 Å². The van der Waals surface area contributed by atoms with Crippen LogP contribution < -0.4 is 4.90 Å². The van der Waals surface area contributed by atoms with Crippen molar-refractivity contribution in [1.82, 2.24) is 4.98 Å². The van der Waals surface area contributed by atoms with Gasteiger partial charge in [-0.3, -0.25) is 14.9 Å². The number of ketones is 1. The highest BCUT2D eigenvalue weighted by Gasteiger charge is 2.48. The second-order valence-corrected chi connectivity index (χ2v) is 6.03. The van der Waals surface area contributed by atoms with Gasteiger partial charge in [0.15, 0.2) is 11.3 Å². The van der Waals surface area contributed by atoms with Crippen molar-refractivity contribution in [1.29, 1.82) is 0 Å². The Morgan fingerprint density at radius 3 is 2.75 bits per heavy atom. The third-order valence-electron chi connectivity index (χ3n) is 4.28. The Kier molecular flexibility index (Phi) is 3.28. The standard InChI is InChI=1S/C17H12ClN3O3/c18-17-16(22)15(13-9-19-14-7-2-1-6-12(13)14)20(17)10-4-3-5-11(8-10)21(23)24/h1-9,15,17,19H/t15-,17-/m0/s1. The number of anilines is 1. The molecular formula is C17H12ClN3O3. The predicted octanol–water partition coefficient (Wildman–Crippen LogP) is 3.77. The number of hydrogen-bond acceptors (Lipinski definition) is 4. The van der Waals surface area contributed by atoms with Gasteiger partial charge < -0.3 is 9.88 Å². The van der Waals surface area contributed by atoms with E-state index in [1.54, 1.807) is 23.2 Å². The van der Waals surface area contributed by atoms with E-state index >= 15 is 0 Å². The Morgan fingerprint density at radius 2 is 1.96 bits per heavy atom. The van der Waals surface area contributed by atoms with Crippen LogP contribution in [0.25, 0.3) is 10.9 Å². The average molecular weight is 342 g/mol. The molecule has 0 bridgehead atoms. The van der Waals surface area contributed by atoms with Crippen LogP contribution >= 0.6 is 11.6 Å². The first-order valence-electron chi connectivity index (χ1n) is 7.34. The van der Waals surface area contributed by atoms with Gasteiger partial charge in [0.05, 0.1) is 4.92 Å². The van der Waals surface area contributed by atoms with E-state index in [9.17, 15) is 14.9 Å². The van der Waals surface area contributed by atoms with Crippen LogP contribution in [0, 0.1) is 10.1 Å². The molecule has 4 rings (SSSR count). The van der Waals surface area contributed by atoms with Gasteiger partial charge in [0.1, 0.15) is 6.04 Å². The molecule has 2 heterocycles. The molecule has 0 saturated carbocycles. The smallest absolute Gasteiger partial charge is 0.271 e. The number of nitrogens with one attached hydrogen (secondary N) is 1. The van der Waals surface area contributed by atoms with Crippen molar-refractivity contribution >= 4 is 39.7 Å². The van der Waals surface area contributed by atoms with Crippen LogP contribution in [0.2, 0.25) is 0 Å². The van der Waals surface area contributed by atoms with Gasteiger partial charge >= 0.3 is 0 Å². The lowest BCUT2D eigenvalue weighted by Gasteiger charge is -2.45. The molecule has 1 fully saturated rings. The fourth-order valence-electron chi connectivity index (χ4n) is 3.12. The van der Waals surface area contributed by atoms with E-state index in [-0.39, 0.29) is 11.5 Å². The number of fused-ring (bicyclic) bond motifs is 1. The minimum absolute atomic E-state index is 0.0339. The van der Waals surface area contributed by atoms with Crippen LogP contribution in [0.15, 0.2) is 54.7 Å². The Hall–Kier alpha value is -2.86. The zero-order valence-electron chi connectivity index (χ0n) is 12.3. The first-order valence-corrected chi connectivity index (χ1v) is 7.78. The van der Waals surface area contributed by atoms with Crippen LogP contribution in [-0.4, -0.2) is 21.2 Å². The molecule has 0 spiro atoms. The van der Waals surface area contributed by atoms with Crippen LogP contribution in [0.3, 0.4) is 0 Å². The van der Waals surface area contributed by atoms with Gasteiger partial charge in [-0.2, -0.15) is 0 Å². The molecule has 1 aliphatic rings. The van der Waals surface area contributed by atoms with Crippen LogP contribution in [0.1, 0.15) is 11.6 Å². The van der Waals surface area contributed by atoms with Gasteiger partial charge in [0.25, 0.3) is 5.69 Å². The molecule has 2 atom stereocenters. The molecule has 1 saturated heterocycles. The quantitative estimate of drug-likeness (QED) is 0.340. The van der Waals surface area contributed by atoms with Gasteiger partial charge in [-0.05, 0) is 12.1 Å². The molecule has 2 aromatic carbocycles. The fraction of sp³-hybridized carbons (Fsp3) is 0.118. The topological polar surface area (TPSA) is 79.2 Å². The Balaban J connectivity index is 1.79. The molecule has 24 heavy (non-hydrogen) atoms. The Morgan fingerprint density at radius 1 is 1.17 bits per heavy atom. The summed E-state index contributed by atoms with van der Waals surface area (Å²) in [5.41, 5.74) is 1.44. The number of non-ortho nitro benzene ring substituents is 1. The number of nitrogens with zero attached hydrogens (tertiary/aromatic N) is 2. The number of nitro groups is 1. The van der Waals surface area contributed by atoms with Gasteiger partial charge in [0, 0.05) is 40.5 Å². The van der Waals surface area contributed by atoms with E-state index in [1.165, 1.54) is 12.1 Å². The first kappa shape index (κ1) is 14.7. The van der Waals surface area contributed by atoms with Crippen LogP contribution in [0.4, 0.5) is 11.4 Å². The van der Waals surface area contributed by atoms with E-state index < -0.39 is 16.5 Å². The molecule has 1 aliphatic heterocycles. The number of rotatable bonds is 3. The van der Waals surface area contributed by atoms with Crippen molar-refractivity contribution in [3.8, 4) is 0 Å². The third kappa shape index (κ3) is 2.07. The average Bonchev–Trinajstić information content (AvgIpc) is 3.02. The fourth-order valence-corrected chi connectivity index (χ4v) is 3.47. The summed E-state index contributed by atoms with van der Waals surface area (Å²) >= 11 is 6.19. The zero-order valence-corrected chi connectivity index (χ0v) is 13.1. The maximum atomic E-state index is 12.4. The van der Waals surface area contributed by atoms with Gasteiger partial charge in [-0.1, -0.05) is 35.9 Å². The highest BCUT2D eigenvalue weighted by molar-refractivity contribution is 6.37. The molecule has 1 aromatic heterocycles. The maximum absolute atomic E-state index is 12.4. The summed E-state index contributed by atoms with van der Waals surface area (Å²) in [5, 5.41) is 11.9. The maximum Gasteiger partial charge on any atom is 0.271 e. The lowest BCUT2D eigenvalue weighted by Crippen LogP contribution is -2.56. The second-order valence-electron chi connectivity index (χ2n) is 5.61. The third-order valence-corrected chi connectivity index (χ3v) is 4.71. The molecular weight excluding hydrogens is 330 g/mol. The van der Waals surface area contributed by atoms with E-state index in [4.69, 9.17) is 11.6 Å². The molecule has 0 radical (unpaired) electrons. The number of para-hydroxylation sites is 1. The second kappa shape index (κ2) is 5.35. The predicted molar refractivity (Wildman–Crippen MR) is 91.3 cm³/mol. The number of carbonyl (C=O) groups is 1. The van der Waals surface area contributed by atoms with E-state index in [2.05, 4.69) is 4.98 Å². The summed E-state index contributed by atoms with van der Waals surface area (Å²) in [6, 6.07) is 13.3. The van der Waals surface area contributed by atoms with Gasteiger partial charge in [-0.25, -0.2) is 0 Å². The number of hydrogen-bond donors (Lipinski definition) is 1. The number of benzene rings is 2. The molecule has 0 amide bonds. The van der Waals surface area contributed by atoms with Crippen molar-refractivity contribution in [2.75, 3.05) is 4.90 Å². The summed E-state index contributed by atoms with van der Waals surface area (Å²) in [7, 11) is 0. The number of nitro benzene ring substituents is 1. The highest BCUT2D eigenvalue weighted by atomic mass is 35.5. The van der Waals surface area contributed by atoms with Gasteiger partial charge in [0.2, 0.25) is 0 Å². The van der Waals surface area contributed by atoms with E-state index in [1.807, 2.05) is 24.3 Å². The van der Waals surface area contributed by atoms with Crippen molar-refractivity contribution in [3.63, 3.8) is 0 Å². The number of halogens is 1. The Bertz CT molecular complexity index is 968. The minimum atomic E-state index is -0.828. The SMILES string of the molecule is O=C1[C@@H](Cl)N(c2cccc([N+](=O)[O-])c2)[C@H]1c1c[nH]c2ccccc12. The van der Waals surface area contributed by atoms with Crippen molar-refractivity contribution in [2.24, 2.45) is 0 Å². The highest BCUT2D eigenvalue weighted by Crippen LogP contribution is 2.44. The van der Waals surface area contributed by atoms with Crippen molar-refractivity contribution in [2.45, 2.75) is 11.5 Å². The molecule has 1 N–H and O–H groups in total. The van der Waals surface area contributed by atoms with Crippen molar-refractivity contribution in [3.05, 3.63) is 70.4 Å². The number of Topliss-reactive ketones (excluding diaryl/α,β-unsaturated/α-hetero) is 1. The summed E-state index contributed by atoms with van der Waals surface area (Å²) in [6.07, 6.45) is 1.79. The first-order chi connectivity index (χ1) is 11.6. The number of alkyl halides is 1. The monoisotopic (exact) mass is 341 g/mol. The molecule has 7 heteroatoms. The zero-order chi connectivity index (χ0) is 16.8. The molecule has 6 nitrogen and oxygen atoms in total. The molecule has 0 aliphatic carbocycles. The van der Waals surface area contributed by atoms with Crippen LogP contribution in [-0.2, 0) is 4.79 Å². The van der Waals surface area contributed by atoms with Gasteiger partial charge in [-0.15, -0.1) is 0 Å². The lowest BCUT2D eigenvalue weighted by atomic mass is 9.91. The number of carbonyl (C=O) groups excluding carboxylic acids is 1. The summed E-state index contributed by atoms with van der Waals surface area (Å²) in [4.78, 5) is 27.8. The summed E-state index contributed by atoms with van der Waals surface area (Å²) in [6.45, 7) is 0. The lowest BCUT2D eigenvalue weighted by molar-refractivity contribution is -0.384. The minimum Gasteiger partial charge on any atom is -0.361 e. The van der Waals surface area contributed by atoms with E-state index in [0.717, 1.165) is 16.5 Å². The van der Waals surface area contributed by atoms with Crippen molar-refractivity contribution < 1.29 is 9.72 Å². The normalized spacial score (nSPS) is 20.2. The molecule has 3 aromatic rings. The summed E-state index contributed by atoms with van der Waals surface area (Å²) in [5.74, 6) is -0.118. The molecule has 0 unspecified atom stereocenters. The largest absolute Gasteiger partial charge is 0.361 e. The number of aromatic nitrogens is 1. The van der Waals surface area contributed by atoms with Crippen LogP contribution in [0.5, 0.6) is 0 Å².